The highest BCUT2D eigenvalue weighted by molar-refractivity contribution is 5.76. The van der Waals surface area contributed by atoms with Gasteiger partial charge in [-0.3, -0.25) is 4.79 Å². The fourth-order valence-corrected chi connectivity index (χ4v) is 2.31. The number of hydrogen-bond donors (Lipinski definition) is 1. The lowest BCUT2D eigenvalue weighted by Crippen LogP contribution is -2.27. The zero-order valence-electron chi connectivity index (χ0n) is 12.6. The molecule has 4 heteroatoms. The number of aromatic nitrogens is 1. The highest BCUT2D eigenvalue weighted by Gasteiger charge is 2.28. The number of nitrogens with zero attached hydrogens (tertiary/aromatic N) is 1. The van der Waals surface area contributed by atoms with Gasteiger partial charge in [-0.15, -0.1) is 0 Å². The zero-order valence-corrected chi connectivity index (χ0v) is 12.6. The van der Waals surface area contributed by atoms with E-state index in [0.717, 1.165) is 16.8 Å². The molecule has 0 atom stereocenters. The normalized spacial score (nSPS) is 11.2. The third kappa shape index (κ3) is 3.60. The number of benzene rings is 1. The van der Waals surface area contributed by atoms with Crippen LogP contribution in [-0.4, -0.2) is 18.1 Å². The van der Waals surface area contributed by atoms with Gasteiger partial charge in [-0.1, -0.05) is 24.3 Å². The van der Waals surface area contributed by atoms with Gasteiger partial charge < -0.3 is 10.5 Å². The van der Waals surface area contributed by atoms with Crippen molar-refractivity contribution in [2.24, 2.45) is 5.41 Å². The van der Waals surface area contributed by atoms with Crippen molar-refractivity contribution >= 4 is 11.8 Å². The van der Waals surface area contributed by atoms with Crippen LogP contribution in [0.3, 0.4) is 0 Å². The van der Waals surface area contributed by atoms with Gasteiger partial charge in [0.25, 0.3) is 0 Å². The Kier molecular flexibility index (Phi) is 4.26. The number of ether oxygens (including phenoxy) is 1. The van der Waals surface area contributed by atoms with Crippen LogP contribution in [0.25, 0.3) is 11.3 Å². The van der Waals surface area contributed by atoms with E-state index < -0.39 is 5.41 Å². The molecule has 0 aliphatic heterocycles. The fourth-order valence-electron chi connectivity index (χ4n) is 2.31. The summed E-state index contributed by atoms with van der Waals surface area (Å²) in [6.45, 7) is 3.76. The summed E-state index contributed by atoms with van der Waals surface area (Å²) in [7, 11) is 1.41. The van der Waals surface area contributed by atoms with Crippen molar-refractivity contribution in [3.8, 4) is 11.3 Å². The van der Waals surface area contributed by atoms with Gasteiger partial charge in [0.05, 0.1) is 18.2 Å². The van der Waals surface area contributed by atoms with Crippen molar-refractivity contribution < 1.29 is 9.53 Å². The fraction of sp³-hybridized carbons (Fsp3) is 0.294. The number of nitrogens with two attached hydrogens (primary N) is 1. The number of rotatable bonds is 4. The minimum atomic E-state index is -0.559. The van der Waals surface area contributed by atoms with Gasteiger partial charge >= 0.3 is 5.97 Å². The highest BCUT2D eigenvalue weighted by Crippen LogP contribution is 2.26. The van der Waals surface area contributed by atoms with Crippen LogP contribution in [0.5, 0.6) is 0 Å². The van der Waals surface area contributed by atoms with Gasteiger partial charge in [0.2, 0.25) is 0 Å². The van der Waals surface area contributed by atoms with Crippen LogP contribution in [0.2, 0.25) is 0 Å². The van der Waals surface area contributed by atoms with Crippen LogP contribution in [0.15, 0.2) is 42.5 Å². The van der Waals surface area contributed by atoms with Crippen LogP contribution in [-0.2, 0) is 16.0 Å². The largest absolute Gasteiger partial charge is 0.469 e. The van der Waals surface area contributed by atoms with Crippen LogP contribution in [0, 0.1) is 5.41 Å². The van der Waals surface area contributed by atoms with Gasteiger partial charge in [-0.25, -0.2) is 4.98 Å². The molecule has 0 spiro atoms. The van der Waals surface area contributed by atoms with Crippen LogP contribution < -0.4 is 5.73 Å². The average Bonchev–Trinajstić information content (AvgIpc) is 2.46. The van der Waals surface area contributed by atoms with Crippen molar-refractivity contribution in [3.05, 3.63) is 48.0 Å². The van der Waals surface area contributed by atoms with Gasteiger partial charge in [0.15, 0.2) is 0 Å². The van der Waals surface area contributed by atoms with Gasteiger partial charge in [-0.05, 0) is 44.0 Å². The first kappa shape index (κ1) is 15.0. The second-order valence-corrected chi connectivity index (χ2v) is 5.70. The summed E-state index contributed by atoms with van der Waals surface area (Å²) < 4.78 is 4.85. The maximum absolute atomic E-state index is 11.8. The van der Waals surface area contributed by atoms with Gasteiger partial charge in [0, 0.05) is 5.56 Å². The third-order valence-electron chi connectivity index (χ3n) is 3.38. The molecule has 0 saturated carbocycles. The maximum Gasteiger partial charge on any atom is 0.311 e. The van der Waals surface area contributed by atoms with E-state index in [1.807, 2.05) is 50.2 Å². The topological polar surface area (TPSA) is 65.2 Å². The molecule has 4 nitrogen and oxygen atoms in total. The quantitative estimate of drug-likeness (QED) is 0.876. The molecule has 0 fully saturated rings. The summed E-state index contributed by atoms with van der Waals surface area (Å²) in [5.74, 6) is 0.280. The molecular formula is C17H20N2O2. The minimum absolute atomic E-state index is 0.213. The van der Waals surface area contributed by atoms with E-state index in [4.69, 9.17) is 10.5 Å². The third-order valence-corrected chi connectivity index (χ3v) is 3.38. The number of methoxy groups -OCH3 is 1. The molecule has 0 amide bonds. The second kappa shape index (κ2) is 5.95. The first-order valence-corrected chi connectivity index (χ1v) is 6.82. The first-order valence-electron chi connectivity index (χ1n) is 6.82. The van der Waals surface area contributed by atoms with Gasteiger partial charge in [0.1, 0.15) is 5.82 Å². The zero-order chi connectivity index (χ0) is 15.5. The monoisotopic (exact) mass is 284 g/mol. The number of pyridine rings is 1. The maximum atomic E-state index is 11.8. The molecule has 1 aromatic heterocycles. The van der Waals surface area contributed by atoms with E-state index in [2.05, 4.69) is 4.98 Å². The summed E-state index contributed by atoms with van der Waals surface area (Å²) in [6, 6.07) is 13.5. The van der Waals surface area contributed by atoms with Crippen molar-refractivity contribution in [2.45, 2.75) is 20.3 Å². The van der Waals surface area contributed by atoms with Crippen molar-refractivity contribution in [2.75, 3.05) is 12.8 Å². The Balaban J connectivity index is 2.28. The van der Waals surface area contributed by atoms with E-state index in [-0.39, 0.29) is 5.97 Å². The number of esters is 1. The predicted molar refractivity (Wildman–Crippen MR) is 83.6 cm³/mol. The number of nitrogen functional groups attached to an aromatic ring is 1. The molecule has 0 radical (unpaired) electrons. The van der Waals surface area contributed by atoms with Crippen molar-refractivity contribution in [1.29, 1.82) is 0 Å². The van der Waals surface area contributed by atoms with E-state index in [1.54, 1.807) is 6.07 Å². The van der Waals surface area contributed by atoms with Crippen molar-refractivity contribution in [1.82, 2.24) is 4.98 Å². The highest BCUT2D eigenvalue weighted by atomic mass is 16.5. The summed E-state index contributed by atoms with van der Waals surface area (Å²) in [6.07, 6.45) is 0.607. The molecule has 0 bridgehead atoms. The van der Waals surface area contributed by atoms with E-state index in [1.165, 1.54) is 7.11 Å². The number of carbonyl (C=O) groups is 1. The molecule has 0 unspecified atom stereocenters. The van der Waals surface area contributed by atoms with E-state index >= 15 is 0 Å². The minimum Gasteiger partial charge on any atom is -0.469 e. The number of carbonyl (C=O) groups excluding carboxylic acids is 1. The molecule has 0 aliphatic rings. The lowest BCUT2D eigenvalue weighted by atomic mass is 9.85. The van der Waals surface area contributed by atoms with Gasteiger partial charge in [-0.2, -0.15) is 0 Å². The summed E-state index contributed by atoms with van der Waals surface area (Å²) >= 11 is 0. The standard InChI is InChI=1S/C17H20N2O2/c1-17(2,16(20)21-3)11-12-6-4-7-13(10-12)14-8-5-9-15(18)19-14/h4-10H,11H2,1-3H3,(H2,18,19). The Bertz CT molecular complexity index is 651. The Labute approximate surface area is 125 Å². The lowest BCUT2D eigenvalue weighted by molar-refractivity contribution is -0.150. The predicted octanol–water partition coefficient (Wildman–Crippen LogP) is 3.07. The SMILES string of the molecule is COC(=O)C(C)(C)Cc1cccc(-c2cccc(N)n2)c1. The molecule has 21 heavy (non-hydrogen) atoms. The molecule has 2 N–H and O–H groups in total. The molecule has 2 aromatic rings. The van der Waals surface area contributed by atoms with Crippen molar-refractivity contribution in [3.63, 3.8) is 0 Å². The molecule has 2 rings (SSSR count). The molecule has 1 aromatic carbocycles. The first-order chi connectivity index (χ1) is 9.92. The Morgan fingerprint density at radius 2 is 1.95 bits per heavy atom. The van der Waals surface area contributed by atoms with E-state index in [9.17, 15) is 4.79 Å². The molecule has 0 aliphatic carbocycles. The average molecular weight is 284 g/mol. The molecule has 110 valence electrons. The van der Waals surface area contributed by atoms with Crippen LogP contribution >= 0.6 is 0 Å². The van der Waals surface area contributed by atoms with E-state index in [0.29, 0.717) is 12.2 Å². The number of hydrogen-bond acceptors (Lipinski definition) is 4. The molecule has 1 heterocycles. The van der Waals surface area contributed by atoms with Crippen LogP contribution in [0.1, 0.15) is 19.4 Å². The summed E-state index contributed by atoms with van der Waals surface area (Å²) in [5.41, 5.74) is 8.04. The second-order valence-electron chi connectivity index (χ2n) is 5.70. The van der Waals surface area contributed by atoms with Crippen LogP contribution in [0.4, 0.5) is 5.82 Å². The smallest absolute Gasteiger partial charge is 0.311 e. The Morgan fingerprint density at radius 1 is 1.24 bits per heavy atom. The molecular weight excluding hydrogens is 264 g/mol. The molecule has 0 saturated heterocycles. The summed E-state index contributed by atoms with van der Waals surface area (Å²) in [4.78, 5) is 16.1. The Morgan fingerprint density at radius 3 is 2.62 bits per heavy atom. The Hall–Kier alpha value is -2.36. The number of anilines is 1. The summed E-state index contributed by atoms with van der Waals surface area (Å²) in [5, 5.41) is 0. The lowest BCUT2D eigenvalue weighted by Gasteiger charge is -2.21.